The monoisotopic (exact) mass is 708 g/mol. The van der Waals surface area contributed by atoms with E-state index in [0.717, 1.165) is 29.0 Å². The molecular weight excluding hydrogens is 674 g/mol. The van der Waals surface area contributed by atoms with E-state index in [4.69, 9.17) is 25.6 Å². The third kappa shape index (κ3) is 8.68. The number of carbonyl (C=O) groups excluding carboxylic acids is 2. The molecule has 2 amide bonds. The lowest BCUT2D eigenvalue weighted by molar-refractivity contribution is -0.719. The number of β-lactam (4-membered cyclic amide) rings is 1. The Kier molecular flexibility index (Phi) is 11.1. The fourth-order valence-electron chi connectivity index (χ4n) is 4.39. The minimum absolute atomic E-state index is 0.0549. The van der Waals surface area contributed by atoms with Gasteiger partial charge in [-0.1, -0.05) is 9.84 Å². The predicted octanol–water partition coefficient (Wildman–Crippen LogP) is -0.535. The molecule has 1 saturated heterocycles. The number of nitrogens with one attached hydrogen (secondary N) is 2. The number of rotatable bonds is 16. The second-order valence-corrected chi connectivity index (χ2v) is 12.7. The molecule has 258 valence electrons. The van der Waals surface area contributed by atoms with Crippen LogP contribution in [0, 0.1) is 0 Å². The summed E-state index contributed by atoms with van der Waals surface area (Å²) in [6, 6.07) is 9.21. The van der Waals surface area contributed by atoms with Gasteiger partial charge in [0, 0.05) is 28.7 Å². The maximum Gasteiger partial charge on any atom is 0.418 e. The molecule has 0 aliphatic carbocycles. The normalized spacial score (nSPS) is 16.5. The van der Waals surface area contributed by atoms with Gasteiger partial charge in [0.2, 0.25) is 5.69 Å². The van der Waals surface area contributed by atoms with Gasteiger partial charge in [-0.25, -0.2) is 9.78 Å². The number of aromatic nitrogens is 3. The lowest BCUT2D eigenvalue weighted by atomic mass is 9.84. The number of carboxylic acid groups (broad SMARTS) is 1. The molecular formula is C27H34N9O10S2+. The van der Waals surface area contributed by atoms with Crippen molar-refractivity contribution in [2.75, 3.05) is 30.7 Å². The van der Waals surface area contributed by atoms with E-state index in [1.807, 2.05) is 12.1 Å². The van der Waals surface area contributed by atoms with Crippen molar-refractivity contribution in [2.45, 2.75) is 38.0 Å². The lowest BCUT2D eigenvalue weighted by Gasteiger charge is -2.50. The SMILES string of the molecule is C[n+]1nc(NCCCN)ccc1-c1ccc(OCC(O/N=C(\C(=O)N[C@@H]2C(=O)N(OS(=O)(=O)O)C2(C)C)c2csc(N)n2)C(=O)O)cc1. The van der Waals surface area contributed by atoms with Crippen LogP contribution >= 0.6 is 11.3 Å². The Morgan fingerprint density at radius 1 is 1.23 bits per heavy atom. The molecule has 3 aromatic rings. The second-order valence-electron chi connectivity index (χ2n) is 10.8. The molecule has 1 aliphatic heterocycles. The van der Waals surface area contributed by atoms with E-state index in [-0.39, 0.29) is 10.8 Å². The number of carbonyl (C=O) groups is 3. The van der Waals surface area contributed by atoms with Crippen LogP contribution in [0.25, 0.3) is 11.3 Å². The van der Waals surface area contributed by atoms with E-state index in [9.17, 15) is 27.9 Å². The van der Waals surface area contributed by atoms with Crippen molar-refractivity contribution < 1.29 is 51.0 Å². The summed E-state index contributed by atoms with van der Waals surface area (Å²) in [7, 11) is -3.22. The van der Waals surface area contributed by atoms with Gasteiger partial charge < -0.3 is 36.8 Å². The van der Waals surface area contributed by atoms with E-state index >= 15 is 0 Å². The number of aryl methyl sites for hydroxylation is 1. The second kappa shape index (κ2) is 14.9. The summed E-state index contributed by atoms with van der Waals surface area (Å²) in [6.45, 7) is 3.48. The number of nitrogens with zero attached hydrogens (tertiary/aromatic N) is 5. The molecule has 2 atom stereocenters. The molecule has 3 heterocycles. The smallest absolute Gasteiger partial charge is 0.418 e. The lowest BCUT2D eigenvalue weighted by Crippen LogP contribution is -2.76. The fraction of sp³-hybridized carbons (Fsp3) is 0.370. The van der Waals surface area contributed by atoms with Gasteiger partial charge in [0.25, 0.3) is 17.9 Å². The maximum atomic E-state index is 13.2. The van der Waals surface area contributed by atoms with Crippen LogP contribution < -0.4 is 31.5 Å². The summed E-state index contributed by atoms with van der Waals surface area (Å²) in [5.41, 5.74) is 10.8. The van der Waals surface area contributed by atoms with Crippen LogP contribution in [0.15, 0.2) is 46.9 Å². The van der Waals surface area contributed by atoms with E-state index in [0.29, 0.717) is 29.7 Å². The zero-order chi connectivity index (χ0) is 35.2. The van der Waals surface area contributed by atoms with Gasteiger partial charge in [-0.15, -0.1) is 15.6 Å². The maximum absolute atomic E-state index is 13.2. The number of amides is 2. The number of benzene rings is 1. The fourth-order valence-corrected chi connectivity index (χ4v) is 5.39. The van der Waals surface area contributed by atoms with Crippen molar-refractivity contribution in [2.24, 2.45) is 17.9 Å². The molecule has 0 spiro atoms. The number of ether oxygens (including phenoxy) is 1. The van der Waals surface area contributed by atoms with Crippen molar-refractivity contribution in [3.63, 3.8) is 0 Å². The zero-order valence-corrected chi connectivity index (χ0v) is 27.5. The number of carboxylic acids is 1. The number of hydrogen-bond donors (Lipinski definition) is 6. The molecule has 21 heteroatoms. The summed E-state index contributed by atoms with van der Waals surface area (Å²) in [5, 5.41) is 25.3. The summed E-state index contributed by atoms with van der Waals surface area (Å²) in [5.74, 6) is -2.46. The number of hydroxylamine groups is 2. The first-order chi connectivity index (χ1) is 22.6. The number of oxime groups is 1. The van der Waals surface area contributed by atoms with Crippen LogP contribution in [0.2, 0.25) is 0 Å². The van der Waals surface area contributed by atoms with Crippen molar-refractivity contribution in [3.8, 4) is 17.0 Å². The molecule has 8 N–H and O–H groups in total. The minimum Gasteiger partial charge on any atom is -0.489 e. The van der Waals surface area contributed by atoms with Crippen LogP contribution in [-0.2, 0) is 41.0 Å². The highest BCUT2D eigenvalue weighted by atomic mass is 32.3. The Morgan fingerprint density at radius 3 is 2.50 bits per heavy atom. The zero-order valence-electron chi connectivity index (χ0n) is 25.9. The van der Waals surface area contributed by atoms with Gasteiger partial charge in [0.15, 0.2) is 23.7 Å². The Balaban J connectivity index is 1.43. The first-order valence-corrected chi connectivity index (χ1v) is 16.4. The van der Waals surface area contributed by atoms with Crippen LogP contribution in [0.1, 0.15) is 26.0 Å². The number of aliphatic carboxylic acids is 1. The number of hydrogen-bond acceptors (Lipinski definition) is 15. The van der Waals surface area contributed by atoms with Gasteiger partial charge in [-0.2, -0.15) is 13.5 Å². The molecule has 1 unspecified atom stereocenters. The summed E-state index contributed by atoms with van der Waals surface area (Å²) in [4.78, 5) is 46.9. The van der Waals surface area contributed by atoms with E-state index < -0.39 is 58.2 Å². The predicted molar refractivity (Wildman–Crippen MR) is 170 cm³/mol. The summed E-state index contributed by atoms with van der Waals surface area (Å²) in [6.07, 6.45) is -0.878. The molecule has 1 aromatic carbocycles. The number of anilines is 2. The minimum atomic E-state index is -5.02. The Labute approximate surface area is 278 Å². The molecule has 1 fully saturated rings. The van der Waals surface area contributed by atoms with E-state index in [1.54, 1.807) is 36.0 Å². The Hall–Kier alpha value is -4.96. The largest absolute Gasteiger partial charge is 0.489 e. The van der Waals surface area contributed by atoms with E-state index in [1.165, 1.54) is 19.2 Å². The topological polar surface area (TPSA) is 275 Å². The third-order valence-corrected chi connectivity index (χ3v) is 7.90. The van der Waals surface area contributed by atoms with Gasteiger partial charge >= 0.3 is 16.4 Å². The highest BCUT2D eigenvalue weighted by Gasteiger charge is 2.58. The van der Waals surface area contributed by atoms with Crippen molar-refractivity contribution >= 4 is 56.2 Å². The third-order valence-electron chi connectivity index (χ3n) is 6.89. The average Bonchev–Trinajstić information content (AvgIpc) is 3.45. The number of thiazole rings is 1. The van der Waals surface area contributed by atoms with Crippen LogP contribution in [0.3, 0.4) is 0 Å². The van der Waals surface area contributed by atoms with Gasteiger partial charge in [0.05, 0.1) is 5.54 Å². The molecule has 4 rings (SSSR count). The van der Waals surface area contributed by atoms with Crippen molar-refractivity contribution in [1.82, 2.24) is 20.5 Å². The van der Waals surface area contributed by atoms with Crippen LogP contribution in [0.5, 0.6) is 5.75 Å². The Morgan fingerprint density at radius 2 is 1.94 bits per heavy atom. The molecule has 0 radical (unpaired) electrons. The Bertz CT molecular complexity index is 1800. The standard InChI is InChI=1S/C27H33N9O10S2/c1-27(2)22(24(38)36(27)46-48(41,42)43)32-23(37)21(17-14-47-26(29)31-17)34-45-19(25(39)40)13-44-16-7-5-15(6-8-16)18-9-10-20(33-35(18)3)30-12-4-11-28/h5-10,14,19,22H,4,11-13,28H2,1-3H3,(H5-,29,30,31,32,33,37,39,40,41,42,43)/p+1/b34-21-/t19?,22-/m1/s1. The highest BCUT2D eigenvalue weighted by Crippen LogP contribution is 2.33. The van der Waals surface area contributed by atoms with Crippen LogP contribution in [-0.4, -0.2) is 94.1 Å². The summed E-state index contributed by atoms with van der Waals surface area (Å²) < 4.78 is 42.8. The number of nitrogens with two attached hydrogens (primary N) is 2. The number of nitrogen functional groups attached to an aromatic ring is 1. The van der Waals surface area contributed by atoms with Crippen molar-refractivity contribution in [1.29, 1.82) is 0 Å². The van der Waals surface area contributed by atoms with Gasteiger partial charge in [0.1, 0.15) is 24.1 Å². The first-order valence-electron chi connectivity index (χ1n) is 14.1. The van der Waals surface area contributed by atoms with Crippen LogP contribution in [0.4, 0.5) is 10.9 Å². The molecule has 0 bridgehead atoms. The van der Waals surface area contributed by atoms with E-state index in [2.05, 4.69) is 30.2 Å². The average molecular weight is 709 g/mol. The summed E-state index contributed by atoms with van der Waals surface area (Å²) >= 11 is 0.956. The molecule has 2 aromatic heterocycles. The highest BCUT2D eigenvalue weighted by molar-refractivity contribution is 7.80. The molecule has 19 nitrogen and oxygen atoms in total. The quantitative estimate of drug-likeness (QED) is 0.0272. The molecule has 1 aliphatic rings. The van der Waals surface area contributed by atoms with Gasteiger partial charge in [-0.05, 0) is 57.1 Å². The first kappa shape index (κ1) is 35.9. The van der Waals surface area contributed by atoms with Gasteiger partial charge in [-0.3, -0.25) is 14.1 Å². The molecule has 48 heavy (non-hydrogen) atoms. The molecule has 0 saturated carbocycles. The van der Waals surface area contributed by atoms with Crippen molar-refractivity contribution in [3.05, 3.63) is 47.5 Å².